The molecule has 5 unspecified atom stereocenters. The summed E-state index contributed by atoms with van der Waals surface area (Å²) in [7, 11) is 0. The van der Waals surface area contributed by atoms with E-state index in [1.165, 1.54) is 0 Å². The number of piperidine rings is 1. The lowest BCUT2D eigenvalue weighted by molar-refractivity contribution is -0.181. The van der Waals surface area contributed by atoms with Gasteiger partial charge in [-0.05, 0) is 47.9 Å². The normalized spacial score (nSPS) is 39.3. The Hall–Kier alpha value is -1.75. The van der Waals surface area contributed by atoms with Crippen LogP contribution in [0.4, 0.5) is 5.69 Å². The van der Waals surface area contributed by atoms with Crippen molar-refractivity contribution in [2.75, 3.05) is 24.5 Å². The molecule has 3 aliphatic heterocycles. The summed E-state index contributed by atoms with van der Waals surface area (Å²) in [5.74, 6) is -2.09. The molecule has 10 heteroatoms. The molecule has 1 aliphatic carbocycles. The number of aliphatic hydroxyl groups is 2. The molecule has 0 radical (unpaired) electrons. The predicted molar refractivity (Wildman–Crippen MR) is 102 cm³/mol. The third-order valence-corrected chi connectivity index (χ3v) is 6.77. The molecule has 4 heterocycles. The highest BCUT2D eigenvalue weighted by atomic mass is 79.9. The number of halogens is 1. The Balaban J connectivity index is 1.63. The van der Waals surface area contributed by atoms with E-state index in [0.717, 1.165) is 30.4 Å². The second-order valence-corrected chi connectivity index (χ2v) is 9.22. The van der Waals surface area contributed by atoms with Crippen LogP contribution in [0, 0.1) is 5.92 Å². The first-order valence-electron chi connectivity index (χ1n) is 9.80. The van der Waals surface area contributed by atoms with Gasteiger partial charge >= 0.3 is 11.9 Å². The van der Waals surface area contributed by atoms with Crippen molar-refractivity contribution < 1.29 is 29.3 Å². The maximum Gasteiger partial charge on any atom is 0.340 e. The SMILES string of the molecule is O=C1OC2(CN3CCCC3)CC3CC3(OC(=O)C(O)C1O)N2c1cncc(Br)c1. The zero-order valence-electron chi connectivity index (χ0n) is 15.7. The van der Waals surface area contributed by atoms with Crippen molar-refractivity contribution in [3.63, 3.8) is 0 Å². The fourth-order valence-corrected chi connectivity index (χ4v) is 5.41. The third kappa shape index (κ3) is 2.96. The van der Waals surface area contributed by atoms with Gasteiger partial charge in [-0.1, -0.05) is 0 Å². The minimum atomic E-state index is -1.99. The number of carbonyl (C=O) groups is 2. The van der Waals surface area contributed by atoms with Crippen LogP contribution in [-0.4, -0.2) is 75.3 Å². The number of fused-ring (bicyclic) bond motifs is 1. The highest BCUT2D eigenvalue weighted by molar-refractivity contribution is 9.10. The van der Waals surface area contributed by atoms with Gasteiger partial charge in [0.2, 0.25) is 5.72 Å². The molecule has 9 nitrogen and oxygen atoms in total. The first-order chi connectivity index (χ1) is 13.8. The van der Waals surface area contributed by atoms with Gasteiger partial charge in [0.25, 0.3) is 0 Å². The van der Waals surface area contributed by atoms with Gasteiger partial charge < -0.3 is 19.7 Å². The molecule has 0 aromatic carbocycles. The second-order valence-electron chi connectivity index (χ2n) is 8.31. The monoisotopic (exact) mass is 467 g/mol. The summed E-state index contributed by atoms with van der Waals surface area (Å²) in [6.07, 6.45) is 2.46. The molecule has 5 rings (SSSR count). The largest absolute Gasteiger partial charge is 0.436 e. The van der Waals surface area contributed by atoms with E-state index in [1.54, 1.807) is 12.4 Å². The number of aliphatic hydroxyl groups excluding tert-OH is 2. The summed E-state index contributed by atoms with van der Waals surface area (Å²) in [4.78, 5) is 33.5. The van der Waals surface area contributed by atoms with Gasteiger partial charge in [0.05, 0.1) is 18.4 Å². The van der Waals surface area contributed by atoms with Crippen LogP contribution in [0.5, 0.6) is 0 Å². The van der Waals surface area contributed by atoms with E-state index in [0.29, 0.717) is 25.1 Å². The van der Waals surface area contributed by atoms with Crippen molar-refractivity contribution in [2.45, 2.75) is 49.3 Å². The molecule has 5 atom stereocenters. The quantitative estimate of drug-likeness (QED) is 0.609. The predicted octanol–water partition coefficient (Wildman–Crippen LogP) is 0.384. The molecule has 2 N–H and O–H groups in total. The zero-order chi connectivity index (χ0) is 20.4. The van der Waals surface area contributed by atoms with Gasteiger partial charge in [0.1, 0.15) is 0 Å². The lowest BCUT2D eigenvalue weighted by Gasteiger charge is -2.45. The average Bonchev–Trinajstić information content (AvgIpc) is 3.02. The number of aromatic nitrogens is 1. The van der Waals surface area contributed by atoms with E-state index < -0.39 is 35.6 Å². The zero-order valence-corrected chi connectivity index (χ0v) is 17.2. The maximum atomic E-state index is 12.7. The summed E-state index contributed by atoms with van der Waals surface area (Å²) in [5, 5.41) is 20.3. The highest BCUT2D eigenvalue weighted by Gasteiger charge is 2.76. The van der Waals surface area contributed by atoms with E-state index in [2.05, 4.69) is 25.8 Å². The Morgan fingerprint density at radius 2 is 1.79 bits per heavy atom. The summed E-state index contributed by atoms with van der Waals surface area (Å²) >= 11 is 3.42. The topological polar surface area (TPSA) is 112 Å². The smallest absolute Gasteiger partial charge is 0.340 e. The molecule has 1 aromatic heterocycles. The minimum absolute atomic E-state index is 0.0386. The Bertz CT molecular complexity index is 864. The number of esters is 2. The highest BCUT2D eigenvalue weighted by Crippen LogP contribution is 2.64. The summed E-state index contributed by atoms with van der Waals surface area (Å²) < 4.78 is 12.4. The van der Waals surface area contributed by atoms with Crippen LogP contribution >= 0.6 is 15.9 Å². The first-order valence-corrected chi connectivity index (χ1v) is 10.6. The number of pyridine rings is 1. The third-order valence-electron chi connectivity index (χ3n) is 6.34. The number of ether oxygens (including phenoxy) is 2. The van der Waals surface area contributed by atoms with Gasteiger partial charge in [0, 0.05) is 29.4 Å². The summed E-state index contributed by atoms with van der Waals surface area (Å²) in [6.45, 7) is 2.18. The summed E-state index contributed by atoms with van der Waals surface area (Å²) in [5.41, 5.74) is -1.51. The summed E-state index contributed by atoms with van der Waals surface area (Å²) in [6, 6.07) is 1.83. The number of rotatable bonds is 3. The fraction of sp³-hybridized carbons (Fsp3) is 0.632. The maximum absolute atomic E-state index is 12.7. The molecule has 156 valence electrons. The average molecular weight is 468 g/mol. The molecule has 1 spiro atoms. The number of likely N-dealkylation sites (tertiary alicyclic amines) is 1. The molecule has 0 amide bonds. The standard InChI is InChI=1S/C19H22BrN3O6/c20-12-5-13(9-21-8-12)23-18(10-22-3-1-2-4-22)6-11-7-19(11,23)29-17(27)15(25)14(24)16(26)28-18/h5,8-9,11,14-15,24-25H,1-4,6-7,10H2. The van der Waals surface area contributed by atoms with Gasteiger partial charge in [-0.25, -0.2) is 9.59 Å². The van der Waals surface area contributed by atoms with Crippen molar-refractivity contribution in [3.05, 3.63) is 22.9 Å². The Labute approximate surface area is 175 Å². The van der Waals surface area contributed by atoms with E-state index in [9.17, 15) is 19.8 Å². The lowest BCUT2D eigenvalue weighted by atomic mass is 10.1. The number of nitrogens with zero attached hydrogens (tertiary/aromatic N) is 3. The molecule has 29 heavy (non-hydrogen) atoms. The van der Waals surface area contributed by atoms with Crippen LogP contribution in [0.15, 0.2) is 22.9 Å². The van der Waals surface area contributed by atoms with Gasteiger partial charge in [0.15, 0.2) is 17.9 Å². The van der Waals surface area contributed by atoms with Crippen molar-refractivity contribution in [1.29, 1.82) is 0 Å². The van der Waals surface area contributed by atoms with Gasteiger partial charge in [-0.2, -0.15) is 0 Å². The number of carbonyl (C=O) groups excluding carboxylic acids is 2. The lowest BCUT2D eigenvalue weighted by Crippen LogP contribution is -2.60. The van der Waals surface area contributed by atoms with E-state index in [-0.39, 0.29) is 5.92 Å². The Kier molecular flexibility index (Phi) is 4.39. The van der Waals surface area contributed by atoms with Crippen molar-refractivity contribution >= 4 is 33.6 Å². The van der Waals surface area contributed by atoms with Crippen molar-refractivity contribution in [2.24, 2.45) is 5.92 Å². The number of hydrogen-bond acceptors (Lipinski definition) is 9. The minimum Gasteiger partial charge on any atom is -0.436 e. The van der Waals surface area contributed by atoms with E-state index >= 15 is 0 Å². The van der Waals surface area contributed by atoms with Crippen LogP contribution in [0.1, 0.15) is 25.7 Å². The molecule has 1 saturated carbocycles. The van der Waals surface area contributed by atoms with Crippen LogP contribution < -0.4 is 4.90 Å². The first kappa shape index (κ1) is 19.2. The number of hydrogen-bond donors (Lipinski definition) is 2. The molecule has 4 fully saturated rings. The number of anilines is 1. The van der Waals surface area contributed by atoms with Crippen molar-refractivity contribution in [3.8, 4) is 0 Å². The molecule has 3 saturated heterocycles. The Morgan fingerprint density at radius 1 is 1.10 bits per heavy atom. The van der Waals surface area contributed by atoms with Crippen LogP contribution in [0.25, 0.3) is 0 Å². The van der Waals surface area contributed by atoms with Gasteiger partial charge in [-0.3, -0.25) is 14.8 Å². The van der Waals surface area contributed by atoms with Crippen LogP contribution in [0.2, 0.25) is 0 Å². The molecular formula is C19H22BrN3O6. The molecule has 4 aliphatic rings. The molecular weight excluding hydrogens is 446 g/mol. The molecule has 2 bridgehead atoms. The molecule has 1 aromatic rings. The Morgan fingerprint density at radius 3 is 2.48 bits per heavy atom. The van der Waals surface area contributed by atoms with Gasteiger partial charge in [-0.15, -0.1) is 0 Å². The van der Waals surface area contributed by atoms with E-state index in [1.807, 2.05) is 11.0 Å². The van der Waals surface area contributed by atoms with Crippen molar-refractivity contribution in [1.82, 2.24) is 9.88 Å². The fourth-order valence-electron chi connectivity index (χ4n) is 5.05. The van der Waals surface area contributed by atoms with Crippen LogP contribution in [-0.2, 0) is 19.1 Å². The van der Waals surface area contributed by atoms with Crippen LogP contribution in [0.3, 0.4) is 0 Å². The van der Waals surface area contributed by atoms with E-state index in [4.69, 9.17) is 9.47 Å². The second kappa shape index (κ2) is 6.63.